The van der Waals surface area contributed by atoms with Gasteiger partial charge in [0, 0.05) is 12.7 Å². The zero-order valence-electron chi connectivity index (χ0n) is 11.8. The lowest BCUT2D eigenvalue weighted by atomic mass is 10.2. The highest BCUT2D eigenvalue weighted by molar-refractivity contribution is 6.04. The molecule has 7 nitrogen and oxygen atoms in total. The highest BCUT2D eigenvalue weighted by atomic mass is 16.5. The summed E-state index contributed by atoms with van der Waals surface area (Å²) in [5.41, 5.74) is 0.323. The SMILES string of the molecule is COC(=O)C(C)CN(C)CC(=O)NC(=O)c1ccc[nH]1. The first kappa shape index (κ1) is 15.9. The quantitative estimate of drug-likeness (QED) is 0.717. The first-order chi connectivity index (χ1) is 9.43. The van der Waals surface area contributed by atoms with Crippen LogP contribution in [0.15, 0.2) is 18.3 Å². The van der Waals surface area contributed by atoms with E-state index in [1.54, 1.807) is 37.2 Å². The number of carbonyl (C=O) groups excluding carboxylic acids is 3. The molecule has 0 aliphatic rings. The van der Waals surface area contributed by atoms with Crippen LogP contribution in [0.4, 0.5) is 0 Å². The maximum Gasteiger partial charge on any atom is 0.309 e. The second-order valence-corrected chi connectivity index (χ2v) is 4.58. The molecule has 0 aromatic carbocycles. The van der Waals surface area contributed by atoms with Crippen molar-refractivity contribution in [2.45, 2.75) is 6.92 Å². The van der Waals surface area contributed by atoms with E-state index in [9.17, 15) is 14.4 Å². The molecule has 1 aromatic rings. The minimum atomic E-state index is -0.477. The number of aromatic nitrogens is 1. The van der Waals surface area contributed by atoms with Crippen molar-refractivity contribution in [1.29, 1.82) is 0 Å². The Morgan fingerprint density at radius 3 is 2.70 bits per heavy atom. The van der Waals surface area contributed by atoms with Crippen LogP contribution in [-0.2, 0) is 14.3 Å². The van der Waals surface area contributed by atoms with Crippen LogP contribution >= 0.6 is 0 Å². The van der Waals surface area contributed by atoms with Crippen LogP contribution < -0.4 is 5.32 Å². The lowest BCUT2D eigenvalue weighted by Crippen LogP contribution is -2.40. The molecule has 0 aliphatic carbocycles. The molecule has 0 spiro atoms. The Morgan fingerprint density at radius 1 is 1.45 bits per heavy atom. The number of ether oxygens (including phenoxy) is 1. The first-order valence-corrected chi connectivity index (χ1v) is 6.18. The number of amides is 2. The van der Waals surface area contributed by atoms with Crippen molar-refractivity contribution in [3.63, 3.8) is 0 Å². The van der Waals surface area contributed by atoms with Gasteiger partial charge in [-0.1, -0.05) is 6.92 Å². The van der Waals surface area contributed by atoms with Gasteiger partial charge in [-0.3, -0.25) is 24.6 Å². The first-order valence-electron chi connectivity index (χ1n) is 6.18. The van der Waals surface area contributed by atoms with Crippen molar-refractivity contribution in [3.05, 3.63) is 24.0 Å². The van der Waals surface area contributed by atoms with Gasteiger partial charge in [0.1, 0.15) is 5.69 Å². The Hall–Kier alpha value is -2.15. The summed E-state index contributed by atoms with van der Waals surface area (Å²) in [6.45, 7) is 2.11. The zero-order valence-corrected chi connectivity index (χ0v) is 11.8. The number of likely N-dealkylation sites (N-methyl/N-ethyl adjacent to an activating group) is 1. The number of rotatable bonds is 6. The molecule has 1 atom stereocenters. The minimum Gasteiger partial charge on any atom is -0.469 e. The number of methoxy groups -OCH3 is 1. The number of aromatic amines is 1. The van der Waals surface area contributed by atoms with Crippen LogP contribution in [-0.4, -0.2) is 54.9 Å². The van der Waals surface area contributed by atoms with E-state index in [1.807, 2.05) is 0 Å². The van der Waals surface area contributed by atoms with Gasteiger partial charge in [0.15, 0.2) is 0 Å². The number of carbonyl (C=O) groups is 3. The molecule has 20 heavy (non-hydrogen) atoms. The number of nitrogens with zero attached hydrogens (tertiary/aromatic N) is 1. The van der Waals surface area contributed by atoms with Crippen LogP contribution in [0.5, 0.6) is 0 Å². The summed E-state index contributed by atoms with van der Waals surface area (Å²) >= 11 is 0. The van der Waals surface area contributed by atoms with Crippen LogP contribution in [0.3, 0.4) is 0 Å². The topological polar surface area (TPSA) is 91.5 Å². The molecular formula is C13H19N3O4. The summed E-state index contributed by atoms with van der Waals surface area (Å²) in [6.07, 6.45) is 1.60. The average Bonchev–Trinajstić information content (AvgIpc) is 2.90. The van der Waals surface area contributed by atoms with Gasteiger partial charge in [0.25, 0.3) is 5.91 Å². The zero-order chi connectivity index (χ0) is 15.1. The summed E-state index contributed by atoms with van der Waals surface area (Å²) in [7, 11) is 3.01. The van der Waals surface area contributed by atoms with E-state index in [0.29, 0.717) is 12.2 Å². The molecule has 0 aliphatic heterocycles. The maximum atomic E-state index is 11.7. The lowest BCUT2D eigenvalue weighted by Gasteiger charge is -2.19. The van der Waals surface area contributed by atoms with Gasteiger partial charge >= 0.3 is 5.97 Å². The molecule has 1 rings (SSSR count). The standard InChI is InChI=1S/C13H19N3O4/c1-9(13(19)20-3)7-16(2)8-11(17)15-12(18)10-5-4-6-14-10/h4-6,9,14H,7-8H2,1-3H3,(H,15,17,18). The van der Waals surface area contributed by atoms with E-state index in [0.717, 1.165) is 0 Å². The number of imide groups is 1. The Bertz CT molecular complexity index is 470. The van der Waals surface area contributed by atoms with Crippen molar-refractivity contribution in [2.75, 3.05) is 27.2 Å². The fraction of sp³-hybridized carbons (Fsp3) is 0.462. The van der Waals surface area contributed by atoms with Gasteiger partial charge < -0.3 is 9.72 Å². The second-order valence-electron chi connectivity index (χ2n) is 4.58. The molecule has 0 saturated carbocycles. The molecule has 2 amide bonds. The van der Waals surface area contributed by atoms with Gasteiger partial charge in [-0.2, -0.15) is 0 Å². The number of H-pyrrole nitrogens is 1. The predicted molar refractivity (Wildman–Crippen MR) is 71.9 cm³/mol. The number of hydrogen-bond acceptors (Lipinski definition) is 5. The summed E-state index contributed by atoms with van der Waals surface area (Å²) in [6, 6.07) is 3.25. The third kappa shape index (κ3) is 4.85. The van der Waals surface area contributed by atoms with Crippen molar-refractivity contribution in [1.82, 2.24) is 15.2 Å². The second kappa shape index (κ2) is 7.44. The fourth-order valence-electron chi connectivity index (χ4n) is 1.76. The summed E-state index contributed by atoms with van der Waals surface area (Å²) in [5, 5.41) is 2.26. The monoisotopic (exact) mass is 281 g/mol. The van der Waals surface area contributed by atoms with Crippen molar-refractivity contribution in [2.24, 2.45) is 5.92 Å². The molecule has 1 aromatic heterocycles. The summed E-state index contributed by atoms with van der Waals surface area (Å²) < 4.78 is 4.61. The van der Waals surface area contributed by atoms with Crippen LogP contribution in [0.25, 0.3) is 0 Å². The van der Waals surface area contributed by atoms with E-state index < -0.39 is 11.8 Å². The molecule has 1 unspecified atom stereocenters. The molecule has 2 N–H and O–H groups in total. The molecule has 0 bridgehead atoms. The summed E-state index contributed by atoms with van der Waals surface area (Å²) in [4.78, 5) is 38.9. The van der Waals surface area contributed by atoms with Crippen LogP contribution in [0, 0.1) is 5.92 Å². The molecule has 110 valence electrons. The maximum absolute atomic E-state index is 11.7. The minimum absolute atomic E-state index is 0.0216. The largest absolute Gasteiger partial charge is 0.469 e. The van der Waals surface area contributed by atoms with E-state index in [1.165, 1.54) is 7.11 Å². The van der Waals surface area contributed by atoms with Gasteiger partial charge in [0.05, 0.1) is 19.6 Å². The van der Waals surface area contributed by atoms with Gasteiger partial charge in [0.2, 0.25) is 5.91 Å². The molecule has 7 heteroatoms. The Morgan fingerprint density at radius 2 is 2.15 bits per heavy atom. The predicted octanol–water partition coefficient (Wildman–Crippen LogP) is 0.0120. The average molecular weight is 281 g/mol. The van der Waals surface area contributed by atoms with E-state index >= 15 is 0 Å². The fourth-order valence-corrected chi connectivity index (χ4v) is 1.76. The molecule has 0 radical (unpaired) electrons. The Balaban J connectivity index is 2.38. The van der Waals surface area contributed by atoms with Gasteiger partial charge in [-0.15, -0.1) is 0 Å². The summed E-state index contributed by atoms with van der Waals surface area (Å²) in [5.74, 6) is -1.57. The number of hydrogen-bond donors (Lipinski definition) is 2. The lowest BCUT2D eigenvalue weighted by molar-refractivity contribution is -0.145. The molecule has 0 fully saturated rings. The molecular weight excluding hydrogens is 262 g/mol. The van der Waals surface area contributed by atoms with E-state index in [2.05, 4.69) is 15.0 Å². The molecule has 0 saturated heterocycles. The van der Waals surface area contributed by atoms with Gasteiger partial charge in [-0.25, -0.2) is 0 Å². The molecule has 1 heterocycles. The van der Waals surface area contributed by atoms with Crippen molar-refractivity contribution in [3.8, 4) is 0 Å². The third-order valence-electron chi connectivity index (χ3n) is 2.70. The van der Waals surface area contributed by atoms with Crippen molar-refractivity contribution < 1.29 is 19.1 Å². The van der Waals surface area contributed by atoms with E-state index in [-0.39, 0.29) is 18.4 Å². The number of esters is 1. The van der Waals surface area contributed by atoms with Crippen molar-refractivity contribution >= 4 is 17.8 Å². The highest BCUT2D eigenvalue weighted by Crippen LogP contribution is 2.00. The highest BCUT2D eigenvalue weighted by Gasteiger charge is 2.18. The Kier molecular flexibility index (Phi) is 5.92. The normalized spacial score (nSPS) is 12.0. The van der Waals surface area contributed by atoms with E-state index in [4.69, 9.17) is 0 Å². The third-order valence-corrected chi connectivity index (χ3v) is 2.70. The Labute approximate surface area is 117 Å². The van der Waals surface area contributed by atoms with Gasteiger partial charge in [-0.05, 0) is 19.2 Å². The number of nitrogens with one attached hydrogen (secondary N) is 2. The van der Waals surface area contributed by atoms with Crippen LogP contribution in [0.2, 0.25) is 0 Å². The van der Waals surface area contributed by atoms with Crippen LogP contribution in [0.1, 0.15) is 17.4 Å². The smallest absolute Gasteiger partial charge is 0.309 e.